The van der Waals surface area contributed by atoms with E-state index < -0.39 is 0 Å². The summed E-state index contributed by atoms with van der Waals surface area (Å²) in [4.78, 5) is 13.6. The van der Waals surface area contributed by atoms with Gasteiger partial charge in [0.1, 0.15) is 5.82 Å². The molecule has 1 aromatic heterocycles. The maximum Gasteiger partial charge on any atom is 0.191 e. The molecule has 3 heterocycles. The molecule has 0 spiro atoms. The molecule has 152 valence electrons. The average Bonchev–Trinajstić information content (AvgIpc) is 3.33. The van der Waals surface area contributed by atoms with Gasteiger partial charge in [-0.2, -0.15) is 0 Å². The van der Waals surface area contributed by atoms with Gasteiger partial charge in [0.15, 0.2) is 5.96 Å². The Morgan fingerprint density at radius 2 is 1.90 bits per heavy atom. The predicted octanol–water partition coefficient (Wildman–Crippen LogP) is 2.79. The van der Waals surface area contributed by atoms with Gasteiger partial charge in [0, 0.05) is 57.7 Å². The summed E-state index contributed by atoms with van der Waals surface area (Å²) in [5.41, 5.74) is 2.54. The fraction of sp³-hybridized carbons (Fsp3) is 0.391. The molecular weight excluding hydrogens is 360 g/mol. The van der Waals surface area contributed by atoms with Crippen molar-refractivity contribution in [2.75, 3.05) is 43.0 Å². The first kappa shape index (κ1) is 19.3. The number of aliphatic imine (C=N–C) groups is 1. The average molecular weight is 391 g/mol. The number of hydrogen-bond acceptors (Lipinski definition) is 4. The lowest BCUT2D eigenvalue weighted by molar-refractivity contribution is 0.459. The molecule has 0 bridgehead atoms. The molecule has 0 aliphatic carbocycles. The van der Waals surface area contributed by atoms with Gasteiger partial charge in [-0.05, 0) is 42.7 Å². The van der Waals surface area contributed by atoms with Crippen molar-refractivity contribution in [2.24, 2.45) is 4.99 Å². The second-order valence-electron chi connectivity index (χ2n) is 7.57. The van der Waals surface area contributed by atoms with Crippen LogP contribution in [0.25, 0.3) is 0 Å². The second-order valence-corrected chi connectivity index (χ2v) is 7.57. The largest absolute Gasteiger partial charge is 0.364 e. The maximum atomic E-state index is 4.47. The van der Waals surface area contributed by atoms with Crippen molar-refractivity contribution in [1.29, 1.82) is 0 Å². The Kier molecular flexibility index (Phi) is 6.29. The number of nitrogens with zero attached hydrogens (tertiary/aromatic N) is 4. The van der Waals surface area contributed by atoms with E-state index in [9.17, 15) is 0 Å². The van der Waals surface area contributed by atoms with Crippen molar-refractivity contribution < 1.29 is 0 Å². The van der Waals surface area contributed by atoms with Gasteiger partial charge < -0.3 is 20.4 Å². The van der Waals surface area contributed by atoms with Crippen LogP contribution in [0, 0.1) is 0 Å². The van der Waals surface area contributed by atoms with Crippen molar-refractivity contribution in [3.05, 3.63) is 66.4 Å². The van der Waals surface area contributed by atoms with Crippen molar-refractivity contribution in [3.63, 3.8) is 0 Å². The first-order chi connectivity index (χ1) is 14.3. The molecule has 29 heavy (non-hydrogen) atoms. The number of pyridine rings is 1. The van der Waals surface area contributed by atoms with Gasteiger partial charge in [0.25, 0.3) is 0 Å². The topological polar surface area (TPSA) is 55.8 Å². The third-order valence-corrected chi connectivity index (χ3v) is 5.59. The van der Waals surface area contributed by atoms with Crippen LogP contribution in [-0.2, 0) is 6.54 Å². The molecule has 4 rings (SSSR count). The van der Waals surface area contributed by atoms with Crippen molar-refractivity contribution in [1.82, 2.24) is 15.6 Å². The summed E-state index contributed by atoms with van der Waals surface area (Å²) in [6.45, 7) is 4.78. The van der Waals surface area contributed by atoms with E-state index in [2.05, 4.69) is 72.9 Å². The van der Waals surface area contributed by atoms with Crippen molar-refractivity contribution in [3.8, 4) is 0 Å². The number of benzene rings is 1. The zero-order valence-electron chi connectivity index (χ0n) is 17.1. The molecule has 2 N–H and O–H groups in total. The zero-order valence-corrected chi connectivity index (χ0v) is 17.1. The van der Waals surface area contributed by atoms with Crippen LogP contribution < -0.4 is 20.4 Å². The fourth-order valence-corrected chi connectivity index (χ4v) is 3.92. The Balaban J connectivity index is 1.26. The SMILES string of the molecule is CN=C(NCc1cccc(N2CC=CC2)c1)NC1CCN(c2ccccn2)CC1. The lowest BCUT2D eigenvalue weighted by atomic mass is 10.1. The maximum absolute atomic E-state index is 4.47. The Bertz CT molecular complexity index is 831. The van der Waals surface area contributed by atoms with Gasteiger partial charge in [-0.15, -0.1) is 0 Å². The Morgan fingerprint density at radius 3 is 2.62 bits per heavy atom. The number of piperidine rings is 1. The minimum Gasteiger partial charge on any atom is -0.364 e. The molecule has 0 unspecified atom stereocenters. The molecular formula is C23H30N6. The number of aromatic nitrogens is 1. The Morgan fingerprint density at radius 1 is 1.07 bits per heavy atom. The number of hydrogen-bond donors (Lipinski definition) is 2. The summed E-state index contributed by atoms with van der Waals surface area (Å²) in [6.07, 6.45) is 8.45. The van der Waals surface area contributed by atoms with Gasteiger partial charge in [0.05, 0.1) is 0 Å². The van der Waals surface area contributed by atoms with E-state index in [1.54, 1.807) is 0 Å². The van der Waals surface area contributed by atoms with Gasteiger partial charge >= 0.3 is 0 Å². The van der Waals surface area contributed by atoms with Crippen LogP contribution in [0.3, 0.4) is 0 Å². The molecule has 1 fully saturated rings. The van der Waals surface area contributed by atoms with E-state index >= 15 is 0 Å². The molecule has 0 radical (unpaired) electrons. The highest BCUT2D eigenvalue weighted by molar-refractivity contribution is 5.80. The van der Waals surface area contributed by atoms with Crippen LogP contribution in [0.15, 0.2) is 65.8 Å². The highest BCUT2D eigenvalue weighted by atomic mass is 15.2. The lowest BCUT2D eigenvalue weighted by Gasteiger charge is -2.33. The van der Waals surface area contributed by atoms with Gasteiger partial charge in [-0.3, -0.25) is 4.99 Å². The molecule has 6 heteroatoms. The van der Waals surface area contributed by atoms with E-state index in [4.69, 9.17) is 0 Å². The zero-order chi connectivity index (χ0) is 19.9. The molecule has 1 aromatic carbocycles. The van der Waals surface area contributed by atoms with Crippen LogP contribution in [-0.4, -0.2) is 50.2 Å². The summed E-state index contributed by atoms with van der Waals surface area (Å²) < 4.78 is 0. The molecule has 2 aromatic rings. The van der Waals surface area contributed by atoms with Crippen LogP contribution in [0.2, 0.25) is 0 Å². The van der Waals surface area contributed by atoms with Gasteiger partial charge in [0.2, 0.25) is 0 Å². The molecule has 0 saturated carbocycles. The highest BCUT2D eigenvalue weighted by Gasteiger charge is 2.20. The summed E-state index contributed by atoms with van der Waals surface area (Å²) in [5, 5.41) is 7.06. The summed E-state index contributed by atoms with van der Waals surface area (Å²) in [7, 11) is 1.84. The Hall–Kier alpha value is -3.02. The number of anilines is 2. The van der Waals surface area contributed by atoms with E-state index in [1.165, 1.54) is 11.3 Å². The van der Waals surface area contributed by atoms with Crippen LogP contribution >= 0.6 is 0 Å². The van der Waals surface area contributed by atoms with E-state index in [1.807, 2.05) is 25.4 Å². The molecule has 6 nitrogen and oxygen atoms in total. The highest BCUT2D eigenvalue weighted by Crippen LogP contribution is 2.19. The first-order valence-corrected chi connectivity index (χ1v) is 10.4. The van der Waals surface area contributed by atoms with E-state index in [0.29, 0.717) is 6.04 Å². The monoisotopic (exact) mass is 390 g/mol. The standard InChI is InChI=1S/C23H30N6/c1-24-23(26-18-19-7-6-8-21(17-19)28-13-4-5-14-28)27-20-10-15-29(16-11-20)22-9-2-3-12-25-22/h2-9,12,17,20H,10-11,13-16,18H2,1H3,(H2,24,26,27). The number of rotatable bonds is 5. The van der Waals surface area contributed by atoms with Crippen molar-refractivity contribution >= 4 is 17.5 Å². The predicted molar refractivity (Wildman–Crippen MR) is 121 cm³/mol. The summed E-state index contributed by atoms with van der Waals surface area (Å²) >= 11 is 0. The molecule has 2 aliphatic rings. The second kappa shape index (κ2) is 9.45. The molecule has 0 atom stereocenters. The normalized spacial score (nSPS) is 17.6. The van der Waals surface area contributed by atoms with Gasteiger partial charge in [-0.1, -0.05) is 30.4 Å². The quantitative estimate of drug-likeness (QED) is 0.467. The van der Waals surface area contributed by atoms with Crippen LogP contribution in [0.4, 0.5) is 11.5 Å². The lowest BCUT2D eigenvalue weighted by Crippen LogP contribution is -2.48. The molecule has 1 saturated heterocycles. The number of guanidine groups is 1. The number of nitrogens with one attached hydrogen (secondary N) is 2. The Labute approximate surface area is 173 Å². The van der Waals surface area contributed by atoms with E-state index in [0.717, 1.165) is 57.3 Å². The third kappa shape index (κ3) is 5.08. The summed E-state index contributed by atoms with van der Waals surface area (Å²) in [5.74, 6) is 1.94. The fourth-order valence-electron chi connectivity index (χ4n) is 3.92. The minimum absolute atomic E-state index is 0.433. The van der Waals surface area contributed by atoms with Crippen molar-refractivity contribution in [2.45, 2.75) is 25.4 Å². The van der Waals surface area contributed by atoms with E-state index in [-0.39, 0.29) is 0 Å². The van der Waals surface area contributed by atoms with Gasteiger partial charge in [-0.25, -0.2) is 4.98 Å². The smallest absolute Gasteiger partial charge is 0.191 e. The van der Waals surface area contributed by atoms with Crippen LogP contribution in [0.1, 0.15) is 18.4 Å². The minimum atomic E-state index is 0.433. The summed E-state index contributed by atoms with van der Waals surface area (Å²) in [6, 6.07) is 15.3. The van der Waals surface area contributed by atoms with Crippen LogP contribution in [0.5, 0.6) is 0 Å². The first-order valence-electron chi connectivity index (χ1n) is 10.4. The molecule has 2 aliphatic heterocycles. The third-order valence-electron chi connectivity index (χ3n) is 5.59. The molecule has 0 amide bonds.